The lowest BCUT2D eigenvalue weighted by Gasteiger charge is -2.11. The average Bonchev–Trinajstić information content (AvgIpc) is 3.10. The summed E-state index contributed by atoms with van der Waals surface area (Å²) in [6, 6.07) is 11.1. The van der Waals surface area contributed by atoms with E-state index in [1.54, 1.807) is 6.20 Å². The lowest BCUT2D eigenvalue weighted by molar-refractivity contribution is 0.547. The Morgan fingerprint density at radius 1 is 1.33 bits per heavy atom. The molecule has 1 aliphatic rings. The number of aromatic nitrogens is 2. The van der Waals surface area contributed by atoms with E-state index in [0.717, 1.165) is 25.3 Å². The SMILES string of the molecule is c1cnn(-c2ccc(CNC3CCNC3)cc2)c1. The smallest absolute Gasteiger partial charge is 0.0645 e. The zero-order valence-electron chi connectivity index (χ0n) is 10.3. The molecule has 94 valence electrons. The Morgan fingerprint density at radius 2 is 2.22 bits per heavy atom. The predicted octanol–water partition coefficient (Wildman–Crippen LogP) is 1.32. The van der Waals surface area contributed by atoms with Crippen LogP contribution in [0.5, 0.6) is 0 Å². The fourth-order valence-corrected chi connectivity index (χ4v) is 2.28. The summed E-state index contributed by atoms with van der Waals surface area (Å²) in [6.45, 7) is 3.16. The van der Waals surface area contributed by atoms with E-state index in [1.807, 2.05) is 16.9 Å². The molecule has 0 aliphatic carbocycles. The summed E-state index contributed by atoms with van der Waals surface area (Å²) in [5, 5.41) is 11.1. The van der Waals surface area contributed by atoms with E-state index >= 15 is 0 Å². The lowest BCUT2D eigenvalue weighted by Crippen LogP contribution is -2.30. The first-order chi connectivity index (χ1) is 8.92. The predicted molar refractivity (Wildman–Crippen MR) is 71.7 cm³/mol. The van der Waals surface area contributed by atoms with Gasteiger partial charge in [0, 0.05) is 31.5 Å². The van der Waals surface area contributed by atoms with Gasteiger partial charge in [-0.2, -0.15) is 5.10 Å². The minimum Gasteiger partial charge on any atom is -0.315 e. The summed E-state index contributed by atoms with van der Waals surface area (Å²) in [7, 11) is 0. The number of nitrogens with one attached hydrogen (secondary N) is 2. The van der Waals surface area contributed by atoms with Gasteiger partial charge in [0.15, 0.2) is 0 Å². The average molecular weight is 242 g/mol. The van der Waals surface area contributed by atoms with Gasteiger partial charge in [0.05, 0.1) is 5.69 Å². The molecule has 3 rings (SSSR count). The first-order valence-electron chi connectivity index (χ1n) is 6.45. The number of hydrogen-bond donors (Lipinski definition) is 2. The monoisotopic (exact) mass is 242 g/mol. The van der Waals surface area contributed by atoms with Crippen LogP contribution in [0.2, 0.25) is 0 Å². The summed E-state index contributed by atoms with van der Waals surface area (Å²) in [6.07, 6.45) is 4.98. The van der Waals surface area contributed by atoms with Crippen molar-refractivity contribution in [2.24, 2.45) is 0 Å². The van der Waals surface area contributed by atoms with Crippen molar-refractivity contribution in [3.63, 3.8) is 0 Å². The third-order valence-corrected chi connectivity index (χ3v) is 3.36. The summed E-state index contributed by atoms with van der Waals surface area (Å²) < 4.78 is 1.87. The topological polar surface area (TPSA) is 41.9 Å². The van der Waals surface area contributed by atoms with Gasteiger partial charge in [-0.15, -0.1) is 0 Å². The molecule has 0 saturated carbocycles. The molecule has 0 spiro atoms. The number of rotatable bonds is 4. The molecule has 1 fully saturated rings. The summed E-state index contributed by atoms with van der Waals surface area (Å²) in [4.78, 5) is 0. The summed E-state index contributed by atoms with van der Waals surface area (Å²) in [5.41, 5.74) is 2.42. The van der Waals surface area contributed by atoms with Gasteiger partial charge < -0.3 is 10.6 Å². The van der Waals surface area contributed by atoms with E-state index < -0.39 is 0 Å². The first-order valence-corrected chi connectivity index (χ1v) is 6.45. The highest BCUT2D eigenvalue weighted by Gasteiger charge is 2.12. The molecule has 1 unspecified atom stereocenters. The third kappa shape index (κ3) is 2.60. The van der Waals surface area contributed by atoms with Crippen LogP contribution in [0.15, 0.2) is 42.7 Å². The zero-order chi connectivity index (χ0) is 12.2. The second-order valence-electron chi connectivity index (χ2n) is 4.69. The van der Waals surface area contributed by atoms with Crippen molar-refractivity contribution in [3.05, 3.63) is 48.3 Å². The van der Waals surface area contributed by atoms with Gasteiger partial charge in [-0.05, 0) is 36.7 Å². The first kappa shape index (κ1) is 11.4. The van der Waals surface area contributed by atoms with Crippen LogP contribution < -0.4 is 10.6 Å². The molecule has 0 radical (unpaired) electrons. The highest BCUT2D eigenvalue weighted by atomic mass is 15.3. The van der Waals surface area contributed by atoms with Crippen LogP contribution >= 0.6 is 0 Å². The van der Waals surface area contributed by atoms with Crippen molar-refractivity contribution < 1.29 is 0 Å². The molecule has 2 N–H and O–H groups in total. The molecule has 1 saturated heterocycles. The van der Waals surface area contributed by atoms with Gasteiger partial charge in [0.25, 0.3) is 0 Å². The fourth-order valence-electron chi connectivity index (χ4n) is 2.28. The zero-order valence-corrected chi connectivity index (χ0v) is 10.3. The fraction of sp³-hybridized carbons (Fsp3) is 0.357. The maximum absolute atomic E-state index is 4.22. The molecule has 1 aromatic heterocycles. The Kier molecular flexibility index (Phi) is 3.39. The molecule has 0 amide bonds. The Morgan fingerprint density at radius 3 is 2.89 bits per heavy atom. The summed E-state index contributed by atoms with van der Waals surface area (Å²) >= 11 is 0. The Balaban J connectivity index is 1.60. The number of nitrogens with zero attached hydrogens (tertiary/aromatic N) is 2. The third-order valence-electron chi connectivity index (χ3n) is 3.36. The molecule has 4 nitrogen and oxygen atoms in total. The van der Waals surface area contributed by atoms with E-state index in [-0.39, 0.29) is 0 Å². The number of hydrogen-bond acceptors (Lipinski definition) is 3. The Labute approximate surface area is 107 Å². The maximum atomic E-state index is 4.22. The number of benzene rings is 1. The highest BCUT2D eigenvalue weighted by molar-refractivity contribution is 5.33. The van der Waals surface area contributed by atoms with Crippen LogP contribution in [0.25, 0.3) is 5.69 Å². The minimum absolute atomic E-state index is 0.621. The van der Waals surface area contributed by atoms with Crippen molar-refractivity contribution in [1.82, 2.24) is 20.4 Å². The van der Waals surface area contributed by atoms with E-state index in [4.69, 9.17) is 0 Å². The van der Waals surface area contributed by atoms with Gasteiger partial charge in [-0.1, -0.05) is 12.1 Å². The normalized spacial score (nSPS) is 19.2. The van der Waals surface area contributed by atoms with Crippen LogP contribution in [0, 0.1) is 0 Å². The molecule has 1 atom stereocenters. The highest BCUT2D eigenvalue weighted by Crippen LogP contribution is 2.09. The molecule has 0 bridgehead atoms. The van der Waals surface area contributed by atoms with Crippen LogP contribution in [0.4, 0.5) is 0 Å². The molecule has 2 aromatic rings. The van der Waals surface area contributed by atoms with Gasteiger partial charge in [0.1, 0.15) is 0 Å². The molecule has 1 aromatic carbocycles. The standard InChI is InChI=1S/C14H18N4/c1-7-17-18(9-1)14-4-2-12(3-5-14)10-16-13-6-8-15-11-13/h1-5,7,9,13,15-16H,6,8,10-11H2. The van der Waals surface area contributed by atoms with Crippen molar-refractivity contribution in [2.75, 3.05) is 13.1 Å². The summed E-state index contributed by atoms with van der Waals surface area (Å²) in [5.74, 6) is 0. The van der Waals surface area contributed by atoms with E-state index in [9.17, 15) is 0 Å². The van der Waals surface area contributed by atoms with Crippen LogP contribution in [0.1, 0.15) is 12.0 Å². The molecule has 4 heteroatoms. The van der Waals surface area contributed by atoms with Gasteiger partial charge in [-0.3, -0.25) is 0 Å². The van der Waals surface area contributed by atoms with Crippen molar-refractivity contribution in [3.8, 4) is 5.69 Å². The van der Waals surface area contributed by atoms with Crippen molar-refractivity contribution in [2.45, 2.75) is 19.0 Å². The van der Waals surface area contributed by atoms with E-state index in [0.29, 0.717) is 6.04 Å². The minimum atomic E-state index is 0.621. The van der Waals surface area contributed by atoms with Crippen molar-refractivity contribution >= 4 is 0 Å². The van der Waals surface area contributed by atoms with E-state index in [1.165, 1.54) is 12.0 Å². The Bertz CT molecular complexity index is 469. The second-order valence-corrected chi connectivity index (χ2v) is 4.69. The second kappa shape index (κ2) is 5.33. The Hall–Kier alpha value is -1.65. The molecular weight excluding hydrogens is 224 g/mol. The van der Waals surface area contributed by atoms with Gasteiger partial charge in [0.2, 0.25) is 0 Å². The van der Waals surface area contributed by atoms with Crippen LogP contribution in [0.3, 0.4) is 0 Å². The van der Waals surface area contributed by atoms with Crippen LogP contribution in [-0.4, -0.2) is 28.9 Å². The van der Waals surface area contributed by atoms with Gasteiger partial charge >= 0.3 is 0 Å². The van der Waals surface area contributed by atoms with Gasteiger partial charge in [-0.25, -0.2) is 4.68 Å². The molecule has 1 aliphatic heterocycles. The molecular formula is C14H18N4. The van der Waals surface area contributed by atoms with E-state index in [2.05, 4.69) is 40.0 Å². The quantitative estimate of drug-likeness (QED) is 0.850. The molecule has 18 heavy (non-hydrogen) atoms. The largest absolute Gasteiger partial charge is 0.315 e. The molecule has 2 heterocycles. The lowest BCUT2D eigenvalue weighted by atomic mass is 10.2. The maximum Gasteiger partial charge on any atom is 0.0645 e. The van der Waals surface area contributed by atoms with Crippen molar-refractivity contribution in [1.29, 1.82) is 0 Å². The van der Waals surface area contributed by atoms with Crippen LogP contribution in [-0.2, 0) is 6.54 Å².